The second kappa shape index (κ2) is 62.7. The molecule has 144 heavy (non-hydrogen) atoms. The van der Waals surface area contributed by atoms with E-state index < -0.39 is 5.60 Å². The van der Waals surface area contributed by atoms with Crippen LogP contribution in [-0.4, -0.2) is 157 Å². The summed E-state index contributed by atoms with van der Waals surface area (Å²) in [4.78, 5) is 82.8. The molecule has 15 aromatic rings. The van der Waals surface area contributed by atoms with E-state index in [1.165, 1.54) is 10.5 Å². The number of rotatable bonds is 21. The minimum Gasteiger partial charge on any atom is -0.494 e. The molecule has 0 unspecified atom stereocenters. The number of aryl methyl sites for hydroxylation is 6. The summed E-state index contributed by atoms with van der Waals surface area (Å²) >= 11 is 13.3. The Labute approximate surface area is 883 Å². The number of carbonyl (C=O) groups excluding carboxylic acids is 2. The van der Waals surface area contributed by atoms with Gasteiger partial charge in [0.1, 0.15) is 47.8 Å². The zero-order valence-corrected chi connectivity index (χ0v) is 89.1. The van der Waals surface area contributed by atoms with Crippen LogP contribution in [0, 0.1) is 103 Å². The van der Waals surface area contributed by atoms with Crippen molar-refractivity contribution in [1.82, 2.24) is 80.1 Å². The molecule has 731 valence electrons. The normalized spacial score (nSPS) is 10.7. The van der Waals surface area contributed by atoms with Crippen molar-refractivity contribution >= 4 is 107 Å². The number of aromatic nitrogens is 15. The summed E-state index contributed by atoms with van der Waals surface area (Å²) in [5.74, 6) is 16.3. The van der Waals surface area contributed by atoms with Gasteiger partial charge < -0.3 is 19.1 Å². The number of H-pyrrole nitrogens is 2. The minimum absolute atomic E-state index is 0. The highest BCUT2D eigenvalue weighted by Crippen LogP contribution is 2.35. The third kappa shape index (κ3) is 39.3. The summed E-state index contributed by atoms with van der Waals surface area (Å²) in [5, 5.41) is 14.5. The number of aromatic amines is 2. The molecule has 0 atom stereocenters. The van der Waals surface area contributed by atoms with E-state index in [2.05, 4.69) is 235 Å². The van der Waals surface area contributed by atoms with Crippen molar-refractivity contribution in [3.63, 3.8) is 0 Å². The van der Waals surface area contributed by atoms with Crippen LogP contribution >= 0.6 is 63.7 Å². The number of hydrogen-bond donors (Lipinski definition) is 2. The average Bonchev–Trinajstić information content (AvgIpc) is 1.63. The van der Waals surface area contributed by atoms with Crippen molar-refractivity contribution in [2.45, 2.75) is 129 Å². The molecule has 28 heteroatoms. The molecular weight excluding hydrogens is 2060 g/mol. The molecule has 0 saturated heterocycles. The molecule has 2 aromatic carbocycles. The predicted molar refractivity (Wildman–Crippen MR) is 600 cm³/mol. The van der Waals surface area contributed by atoms with Gasteiger partial charge in [-0.2, -0.15) is 10.2 Å². The van der Waals surface area contributed by atoms with Crippen molar-refractivity contribution in [3.8, 4) is 140 Å². The lowest BCUT2D eigenvalue weighted by atomic mass is 9.98. The molecule has 0 saturated carbocycles. The summed E-state index contributed by atoms with van der Waals surface area (Å²) in [5.41, 5.74) is 26.5. The fourth-order valence-corrected chi connectivity index (χ4v) is 14.8. The monoisotopic (exact) mass is 2170 g/mol. The van der Waals surface area contributed by atoms with Gasteiger partial charge in [0.25, 0.3) is 0 Å². The number of nitrogens with one attached hydrogen (secondary N) is 2. The van der Waals surface area contributed by atoms with Crippen LogP contribution in [0.3, 0.4) is 0 Å². The number of terminal acetylenes is 3. The smallest absolute Gasteiger partial charge is 0.410 e. The van der Waals surface area contributed by atoms with Gasteiger partial charge in [-0.15, -0.1) is 43.5 Å². The maximum atomic E-state index is 12.1. The number of hydrogen-bond acceptors (Lipinski definition) is 20. The first-order chi connectivity index (χ1) is 68.6. The molecule has 0 fully saturated rings. The van der Waals surface area contributed by atoms with Crippen LogP contribution in [0.25, 0.3) is 78.7 Å². The minimum atomic E-state index is -0.520. The zero-order valence-electron chi connectivity index (χ0n) is 82.7. The van der Waals surface area contributed by atoms with Gasteiger partial charge in [-0.3, -0.25) is 59.9 Å². The summed E-state index contributed by atoms with van der Waals surface area (Å²) in [6.07, 6.45) is 38.0. The van der Waals surface area contributed by atoms with Crippen LogP contribution in [0.15, 0.2) is 302 Å². The number of Topliss-reactive ketones (excluding diaryl/α,β-unsaturated/α-hetero) is 1. The molecule has 23 nitrogen and oxygen atoms in total. The largest absolute Gasteiger partial charge is 0.494 e. The van der Waals surface area contributed by atoms with Crippen molar-refractivity contribution in [1.29, 1.82) is 0 Å². The van der Waals surface area contributed by atoms with E-state index in [0.717, 1.165) is 196 Å². The van der Waals surface area contributed by atoms with E-state index >= 15 is 0 Å². The topological polar surface area (TPSA) is 289 Å². The molecule has 3 radical (unpaired) electrons. The van der Waals surface area contributed by atoms with Gasteiger partial charge in [0.2, 0.25) is 0 Å². The molecule has 0 bridgehead atoms. The van der Waals surface area contributed by atoms with Crippen LogP contribution in [0.1, 0.15) is 148 Å². The van der Waals surface area contributed by atoms with Crippen LogP contribution in [0.2, 0.25) is 0 Å². The first kappa shape index (κ1) is 117. The number of halogens is 4. The van der Waals surface area contributed by atoms with E-state index in [0.29, 0.717) is 38.4 Å². The molecule has 1 amide bonds. The zero-order chi connectivity index (χ0) is 103. The second-order valence-electron chi connectivity index (χ2n) is 31.9. The number of unbranched alkanes of at least 4 members (excludes halogenated alkanes) is 1. The highest BCUT2D eigenvalue weighted by Gasteiger charge is 2.23. The molecule has 2 N–H and O–H groups in total. The fourth-order valence-electron chi connectivity index (χ4n) is 13.1. The lowest BCUT2D eigenvalue weighted by Crippen LogP contribution is -2.36. The quantitative estimate of drug-likeness (QED) is 0.0222. The van der Waals surface area contributed by atoms with Crippen LogP contribution in [0.5, 0.6) is 11.5 Å². The van der Waals surface area contributed by atoms with Gasteiger partial charge >= 0.3 is 6.09 Å². The van der Waals surface area contributed by atoms with Crippen LogP contribution < -0.4 is 9.47 Å². The van der Waals surface area contributed by atoms with E-state index in [1.54, 1.807) is 57.9 Å². The number of ketones is 1. The van der Waals surface area contributed by atoms with Gasteiger partial charge in [-0.25, -0.2) is 24.7 Å². The Morgan fingerprint density at radius 1 is 0.451 bits per heavy atom. The second-order valence-corrected chi connectivity index (χ2v) is 35.1. The lowest BCUT2D eigenvalue weighted by molar-refractivity contribution is 0.0278. The SMILES string of the molecule is C.C#C.C#CC.C#CC#CC.CC#CC.CCCCOc1ccc(-c2cc(-c3cn[nH]c3-c3cccc(C)n3)ccn2)cc1.Cc1cccc(-c2[nH]ncc2-c2ccnc(Br)c2)n1.Cc1cccc(C(=O)Cc2ccnc(Br)c2)n1.Cc1cccc(C2=NCC=C2c2ccnc(-c3ccc(OCCN(C)C(=O)OC(C)(C)C)cc3)c2)n1.Cc1cccc(C2=NCC=C2c2ccnc(Br)c2)n1.Cc1ccnc(Br)c1.[B]. The van der Waals surface area contributed by atoms with Crippen molar-refractivity contribution in [2.24, 2.45) is 9.98 Å². The molecular formula is C116H116BBr4N18O5. The van der Waals surface area contributed by atoms with Crippen molar-refractivity contribution < 1.29 is 23.8 Å². The number of carbonyl (C=O) groups is 2. The molecule has 15 heterocycles. The number of likely N-dealkylation sites (N-methyl/N-ethyl adjacent to an activating group) is 1. The third-order valence-electron chi connectivity index (χ3n) is 19.8. The Bertz CT molecular complexity index is 6910. The number of amides is 1. The van der Waals surface area contributed by atoms with Gasteiger partial charge in [0.15, 0.2) is 5.78 Å². The van der Waals surface area contributed by atoms with Gasteiger partial charge in [-0.1, -0.05) is 69.2 Å². The molecule has 2 aliphatic rings. The van der Waals surface area contributed by atoms with E-state index in [9.17, 15) is 9.59 Å². The summed E-state index contributed by atoms with van der Waals surface area (Å²) < 4.78 is 20.2. The highest BCUT2D eigenvalue weighted by molar-refractivity contribution is 9.11. The number of allylic oxidation sites excluding steroid dienone is 2. The first-order valence-corrected chi connectivity index (χ1v) is 48.2. The van der Waals surface area contributed by atoms with E-state index in [1.807, 2.05) is 289 Å². The number of pyridine rings is 11. The van der Waals surface area contributed by atoms with Gasteiger partial charge in [0.05, 0.1) is 95.6 Å². The number of aliphatic imine (C=N–C) groups is 2. The summed E-state index contributed by atoms with van der Waals surface area (Å²) in [7, 11) is 1.70. The maximum absolute atomic E-state index is 12.1. The molecule has 17 rings (SSSR count). The van der Waals surface area contributed by atoms with E-state index in [-0.39, 0.29) is 27.7 Å². The highest BCUT2D eigenvalue weighted by atomic mass is 79.9. The third-order valence-corrected chi connectivity index (χ3v) is 21.5. The Kier molecular flexibility index (Phi) is 51.1. The van der Waals surface area contributed by atoms with Crippen molar-refractivity contribution in [2.75, 3.05) is 39.9 Å². The summed E-state index contributed by atoms with van der Waals surface area (Å²) in [6.45, 7) is 29.4. The molecule has 0 spiro atoms. The van der Waals surface area contributed by atoms with E-state index in [4.69, 9.17) is 20.6 Å². The maximum Gasteiger partial charge on any atom is 0.410 e. The molecule has 0 aliphatic carbocycles. The summed E-state index contributed by atoms with van der Waals surface area (Å²) in [6, 6.07) is 68.9. The van der Waals surface area contributed by atoms with Crippen LogP contribution in [-0.2, 0) is 11.2 Å². The Balaban J connectivity index is 0.000000266. The van der Waals surface area contributed by atoms with Crippen molar-refractivity contribution in [3.05, 3.63) is 360 Å². The Morgan fingerprint density at radius 2 is 0.840 bits per heavy atom. The van der Waals surface area contributed by atoms with Gasteiger partial charge in [-0.05, 0) is 387 Å². The lowest BCUT2D eigenvalue weighted by Gasteiger charge is -2.24. The predicted octanol–water partition coefficient (Wildman–Crippen LogP) is 26.3. The number of nitrogens with zero attached hydrogens (tertiary/aromatic N) is 16. The first-order valence-electron chi connectivity index (χ1n) is 45.1. The standard InChI is InChI=1S/C29H32N4O3.C24H24N4O.C15H12BrN3.C14H11BrN4.C13H11BrN2O.C6H6BrN.C5H4.C4H6.C3H4.C2H2.CH4.B/c1-20-7-6-8-25(32-20)27-24(14-16-31-27)22-13-15-30-26(19-22)21-9-11-23(12-10-21)35-18-17-33(5)28(34)36-29(2,3)4;1-3-4-14-29-20-10-8-18(9-11-20)23-15-19(12-13-25-23)21-16-26-28-24(21)22-7-5-6-17(2)27-22;1-10-3-2-4-13(19-10)15-12(6-8-18-15)11-5-7-17-14(16)9-11;1-9-3-2-4-12(18-9)14-11(8-17-19-14)10-5-6-16-13(15)7-10;1-9-3-2-4-11(16-9)12(17)7-10-5-6-15-13(14)8-10;1-5-2-3-8-6(7)4-5;1-3-5-4-2;1-3-4-2;1-3-2;1-2;;/h6-15,19H,16-18H2,1-5H3;5-13,15-16H,3-4,14H2,1-2H3,(H,26,28);2-7,9H,8H2,1H3;2-8H,1H3,(H,17,19);2-6,8H,7H2,1H3;2-4H,1H3;1H,2H3;1-2H3;1H,2H3;1-2H;1H4;. The molecule has 13 aromatic heterocycles. The average molecular weight is 2170 g/mol. The Morgan fingerprint density at radius 3 is 1.24 bits per heavy atom. The molecule has 2 aliphatic heterocycles. The number of ether oxygens (including phenoxy) is 3. The fraction of sp³-hybridized carbons (Fsp3) is 0.216. The van der Waals surface area contributed by atoms with Gasteiger partial charge in [0, 0.05) is 121 Å². The van der Waals surface area contributed by atoms with Crippen LogP contribution in [0.4, 0.5) is 4.79 Å². The Hall–Kier alpha value is -15.3. The number of benzene rings is 2.